The molecule has 1 saturated heterocycles. The number of piperidine rings is 1. The molecule has 0 aromatic carbocycles. The minimum Gasteiger partial charge on any atom is -0.302 e. The summed E-state index contributed by atoms with van der Waals surface area (Å²) in [6.45, 7) is 6.13. The van der Waals surface area contributed by atoms with Crippen molar-refractivity contribution in [2.75, 3.05) is 19.8 Å². The molecule has 0 unspecified atom stereocenters. The Morgan fingerprint density at radius 2 is 1.67 bits per heavy atom. The van der Waals surface area contributed by atoms with Crippen LogP contribution in [0.2, 0.25) is 0 Å². The molecule has 0 aromatic heterocycles. The van der Waals surface area contributed by atoms with Gasteiger partial charge in [0.05, 0.1) is 0 Å². The first-order valence-electron chi connectivity index (χ1n) is 6.80. The molecular weight excluding hydrogens is 184 g/mol. The third kappa shape index (κ3) is 3.76. The fraction of sp³-hybridized carbons (Fsp3) is 1.00. The normalized spacial score (nSPS) is 27.0. The van der Waals surface area contributed by atoms with Crippen LogP contribution in [0.5, 0.6) is 0 Å². The Labute approximate surface area is 94.4 Å². The molecular formula is C13H26N2. The largest absolute Gasteiger partial charge is 0.302 e. The molecule has 1 saturated carbocycles. The average molecular weight is 210 g/mol. The summed E-state index contributed by atoms with van der Waals surface area (Å²) in [4.78, 5) is 2.59. The molecule has 2 fully saturated rings. The van der Waals surface area contributed by atoms with Crippen molar-refractivity contribution in [1.29, 1.82) is 0 Å². The number of rotatable bonds is 3. The first kappa shape index (κ1) is 11.4. The van der Waals surface area contributed by atoms with Crippen molar-refractivity contribution in [2.45, 2.75) is 57.9 Å². The smallest absolute Gasteiger partial charge is 0.0482 e. The fourth-order valence-electron chi connectivity index (χ4n) is 2.79. The van der Waals surface area contributed by atoms with Gasteiger partial charge in [-0.1, -0.05) is 26.2 Å². The van der Waals surface area contributed by atoms with Gasteiger partial charge in [0, 0.05) is 12.7 Å². The van der Waals surface area contributed by atoms with Crippen LogP contribution in [0.4, 0.5) is 0 Å². The monoisotopic (exact) mass is 210 g/mol. The number of nitrogens with zero attached hydrogens (tertiary/aromatic N) is 1. The molecule has 2 heteroatoms. The molecule has 88 valence electrons. The first-order valence-corrected chi connectivity index (χ1v) is 6.80. The molecule has 0 bridgehead atoms. The third-order valence-electron chi connectivity index (χ3n) is 4.08. The summed E-state index contributed by atoms with van der Waals surface area (Å²) in [5.41, 5.74) is 0. The second-order valence-electron chi connectivity index (χ2n) is 5.50. The van der Waals surface area contributed by atoms with E-state index in [0.29, 0.717) is 0 Å². The van der Waals surface area contributed by atoms with Crippen LogP contribution in [-0.4, -0.2) is 30.7 Å². The lowest BCUT2D eigenvalue weighted by atomic mass is 9.95. The van der Waals surface area contributed by atoms with E-state index < -0.39 is 0 Å². The van der Waals surface area contributed by atoms with Gasteiger partial charge in [0.25, 0.3) is 0 Å². The summed E-state index contributed by atoms with van der Waals surface area (Å²) in [5, 5.41) is 3.73. The lowest BCUT2D eigenvalue weighted by molar-refractivity contribution is 0.167. The Hall–Kier alpha value is -0.0800. The van der Waals surface area contributed by atoms with Gasteiger partial charge in [-0.3, -0.25) is 4.90 Å². The van der Waals surface area contributed by atoms with Gasteiger partial charge in [0.15, 0.2) is 0 Å². The minimum atomic E-state index is 0.818. The lowest BCUT2D eigenvalue weighted by Crippen LogP contribution is -2.43. The zero-order valence-electron chi connectivity index (χ0n) is 10.2. The number of likely N-dealkylation sites (tertiary alicyclic amines) is 1. The van der Waals surface area contributed by atoms with E-state index in [-0.39, 0.29) is 0 Å². The Morgan fingerprint density at radius 3 is 2.33 bits per heavy atom. The summed E-state index contributed by atoms with van der Waals surface area (Å²) < 4.78 is 0. The van der Waals surface area contributed by atoms with Gasteiger partial charge in [0.2, 0.25) is 0 Å². The first-order chi connectivity index (χ1) is 7.34. The zero-order chi connectivity index (χ0) is 10.5. The molecule has 0 amide bonds. The van der Waals surface area contributed by atoms with Crippen LogP contribution < -0.4 is 5.32 Å². The predicted molar refractivity (Wildman–Crippen MR) is 64.8 cm³/mol. The van der Waals surface area contributed by atoms with E-state index in [1.807, 2.05) is 0 Å². The van der Waals surface area contributed by atoms with E-state index in [0.717, 1.165) is 18.6 Å². The van der Waals surface area contributed by atoms with E-state index >= 15 is 0 Å². The van der Waals surface area contributed by atoms with Gasteiger partial charge in [-0.05, 0) is 44.7 Å². The molecule has 0 spiro atoms. The molecule has 0 radical (unpaired) electrons. The standard InChI is InChI=1S/C13H26N2/c1-12-7-9-15(10-8-12)11-14-13-5-3-2-4-6-13/h12-14H,2-11H2,1H3. The van der Waals surface area contributed by atoms with Gasteiger partial charge in [0.1, 0.15) is 0 Å². The van der Waals surface area contributed by atoms with Crippen molar-refractivity contribution in [1.82, 2.24) is 10.2 Å². The molecule has 0 atom stereocenters. The van der Waals surface area contributed by atoms with Gasteiger partial charge >= 0.3 is 0 Å². The SMILES string of the molecule is CC1CCN(CNC2CCCCC2)CC1. The number of nitrogens with one attached hydrogen (secondary N) is 1. The highest BCUT2D eigenvalue weighted by Gasteiger charge is 2.17. The Morgan fingerprint density at radius 1 is 1.00 bits per heavy atom. The summed E-state index contributed by atoms with van der Waals surface area (Å²) >= 11 is 0. The van der Waals surface area contributed by atoms with E-state index in [1.54, 1.807) is 0 Å². The Balaban J connectivity index is 1.60. The van der Waals surface area contributed by atoms with E-state index in [9.17, 15) is 0 Å². The van der Waals surface area contributed by atoms with Crippen LogP contribution >= 0.6 is 0 Å². The Bertz CT molecular complexity index is 167. The van der Waals surface area contributed by atoms with Gasteiger partial charge in [-0.25, -0.2) is 0 Å². The maximum absolute atomic E-state index is 3.73. The highest BCUT2D eigenvalue weighted by molar-refractivity contribution is 4.74. The molecule has 2 rings (SSSR count). The summed E-state index contributed by atoms with van der Waals surface area (Å²) in [6.07, 6.45) is 9.94. The molecule has 1 N–H and O–H groups in total. The maximum Gasteiger partial charge on any atom is 0.0482 e. The average Bonchev–Trinajstić information content (AvgIpc) is 2.30. The predicted octanol–water partition coefficient (Wildman–Crippen LogP) is 2.60. The van der Waals surface area contributed by atoms with Crippen molar-refractivity contribution in [3.8, 4) is 0 Å². The maximum atomic E-state index is 3.73. The molecule has 2 nitrogen and oxygen atoms in total. The summed E-state index contributed by atoms with van der Waals surface area (Å²) in [5.74, 6) is 0.955. The lowest BCUT2D eigenvalue weighted by Gasteiger charge is -2.32. The molecule has 1 aliphatic carbocycles. The molecule has 2 aliphatic rings. The van der Waals surface area contributed by atoms with Crippen LogP contribution in [-0.2, 0) is 0 Å². The molecule has 0 aromatic rings. The van der Waals surface area contributed by atoms with Crippen LogP contribution in [0.25, 0.3) is 0 Å². The van der Waals surface area contributed by atoms with Crippen molar-refractivity contribution in [3.05, 3.63) is 0 Å². The molecule has 1 aliphatic heterocycles. The zero-order valence-corrected chi connectivity index (χ0v) is 10.2. The quantitative estimate of drug-likeness (QED) is 0.770. The summed E-state index contributed by atoms with van der Waals surface area (Å²) in [6, 6.07) is 0.818. The highest BCUT2D eigenvalue weighted by Crippen LogP contribution is 2.18. The van der Waals surface area contributed by atoms with Gasteiger partial charge in [-0.2, -0.15) is 0 Å². The third-order valence-corrected chi connectivity index (χ3v) is 4.08. The van der Waals surface area contributed by atoms with Gasteiger partial charge in [-0.15, -0.1) is 0 Å². The summed E-state index contributed by atoms with van der Waals surface area (Å²) in [7, 11) is 0. The highest BCUT2D eigenvalue weighted by atomic mass is 15.2. The second-order valence-corrected chi connectivity index (χ2v) is 5.50. The number of hydrogen-bond acceptors (Lipinski definition) is 2. The molecule has 1 heterocycles. The van der Waals surface area contributed by atoms with Crippen LogP contribution in [0.3, 0.4) is 0 Å². The van der Waals surface area contributed by atoms with E-state index in [2.05, 4.69) is 17.1 Å². The van der Waals surface area contributed by atoms with E-state index in [4.69, 9.17) is 0 Å². The van der Waals surface area contributed by atoms with Crippen molar-refractivity contribution >= 4 is 0 Å². The number of hydrogen-bond donors (Lipinski definition) is 1. The van der Waals surface area contributed by atoms with E-state index in [1.165, 1.54) is 58.0 Å². The second kappa shape index (κ2) is 5.86. The Kier molecular flexibility index (Phi) is 4.45. The fourth-order valence-corrected chi connectivity index (χ4v) is 2.79. The van der Waals surface area contributed by atoms with Crippen molar-refractivity contribution in [2.24, 2.45) is 5.92 Å². The minimum absolute atomic E-state index is 0.818. The molecule has 15 heavy (non-hydrogen) atoms. The van der Waals surface area contributed by atoms with Crippen molar-refractivity contribution < 1.29 is 0 Å². The topological polar surface area (TPSA) is 15.3 Å². The van der Waals surface area contributed by atoms with Gasteiger partial charge < -0.3 is 5.32 Å². The van der Waals surface area contributed by atoms with Crippen molar-refractivity contribution in [3.63, 3.8) is 0 Å². The van der Waals surface area contributed by atoms with Crippen LogP contribution in [0, 0.1) is 5.92 Å². The van der Waals surface area contributed by atoms with Crippen LogP contribution in [0.15, 0.2) is 0 Å². The van der Waals surface area contributed by atoms with Crippen LogP contribution in [0.1, 0.15) is 51.9 Å².